The first-order valence-electron chi connectivity index (χ1n) is 10.7. The first-order chi connectivity index (χ1) is 15.2. The van der Waals surface area contributed by atoms with Gasteiger partial charge in [-0.1, -0.05) is 5.16 Å². The van der Waals surface area contributed by atoms with E-state index in [9.17, 15) is 9.59 Å². The Bertz CT molecular complexity index is 1030. The number of thiophene rings is 1. The normalized spacial score (nSPS) is 22.5. The molecule has 6 rings (SSSR count). The number of anilines is 1. The molecule has 0 atom stereocenters. The molecule has 2 bridgehead atoms. The third kappa shape index (κ3) is 3.75. The molecule has 0 aromatic carbocycles. The Morgan fingerprint density at radius 2 is 2.10 bits per heavy atom. The molecule has 164 valence electrons. The summed E-state index contributed by atoms with van der Waals surface area (Å²) in [6.07, 6.45) is 6.10. The van der Waals surface area contributed by atoms with Gasteiger partial charge in [-0.05, 0) is 49.5 Å². The van der Waals surface area contributed by atoms with Crippen LogP contribution < -0.4 is 5.32 Å². The molecule has 1 saturated carbocycles. The van der Waals surface area contributed by atoms with Gasteiger partial charge in [-0.3, -0.25) is 9.59 Å². The summed E-state index contributed by atoms with van der Waals surface area (Å²) < 4.78 is 16.3. The van der Waals surface area contributed by atoms with Gasteiger partial charge in [-0.2, -0.15) is 4.98 Å². The number of hydrogen-bond donors (Lipinski definition) is 1. The molecule has 1 aliphatic heterocycles. The van der Waals surface area contributed by atoms with Gasteiger partial charge in [0.1, 0.15) is 11.3 Å². The Kier molecular flexibility index (Phi) is 5.73. The minimum atomic E-state index is -0.184. The molecule has 4 aliphatic rings. The van der Waals surface area contributed by atoms with Crippen LogP contribution in [0.1, 0.15) is 41.9 Å². The smallest absolute Gasteiger partial charge is 0.261 e. The number of fused-ring (bicyclic) bond motifs is 3. The van der Waals surface area contributed by atoms with Gasteiger partial charge < -0.3 is 19.3 Å². The third-order valence-corrected chi connectivity index (χ3v) is 7.64. The van der Waals surface area contributed by atoms with Crippen LogP contribution in [0.15, 0.2) is 15.7 Å². The topological polar surface area (TPSA) is 104 Å². The van der Waals surface area contributed by atoms with Crippen molar-refractivity contribution in [2.24, 2.45) is 11.8 Å². The SMILES string of the molecule is COCCc1noc(-c2c(NC(=O)C3=C(C=O)C4CCC3CC4)sc3c2CCOC3)n1. The average molecular weight is 444 g/mol. The molecule has 9 heteroatoms. The van der Waals surface area contributed by atoms with Gasteiger partial charge in [-0.25, -0.2) is 0 Å². The minimum absolute atomic E-state index is 0.163. The van der Waals surface area contributed by atoms with Crippen LogP contribution in [0.25, 0.3) is 11.5 Å². The lowest BCUT2D eigenvalue weighted by molar-refractivity contribution is -0.114. The number of amides is 1. The van der Waals surface area contributed by atoms with Crippen LogP contribution in [0.3, 0.4) is 0 Å². The zero-order chi connectivity index (χ0) is 21.4. The number of aldehydes is 1. The van der Waals surface area contributed by atoms with Gasteiger partial charge in [0, 0.05) is 29.6 Å². The molecule has 2 aromatic heterocycles. The number of aromatic nitrogens is 2. The number of rotatable bonds is 7. The van der Waals surface area contributed by atoms with Crippen LogP contribution in [0, 0.1) is 11.8 Å². The molecule has 31 heavy (non-hydrogen) atoms. The summed E-state index contributed by atoms with van der Waals surface area (Å²) in [7, 11) is 1.63. The van der Waals surface area contributed by atoms with E-state index >= 15 is 0 Å². The highest BCUT2D eigenvalue weighted by molar-refractivity contribution is 7.17. The number of hydrogen-bond acceptors (Lipinski definition) is 8. The summed E-state index contributed by atoms with van der Waals surface area (Å²) in [5, 5.41) is 7.84. The van der Waals surface area contributed by atoms with E-state index in [1.165, 1.54) is 11.3 Å². The fraction of sp³-hybridized carbons (Fsp3) is 0.545. The number of nitrogens with zero attached hydrogens (tertiary/aromatic N) is 2. The van der Waals surface area contributed by atoms with E-state index in [4.69, 9.17) is 14.0 Å². The lowest BCUT2D eigenvalue weighted by atomic mass is 9.67. The number of allylic oxidation sites excluding steroid dienone is 1. The lowest BCUT2D eigenvalue weighted by Gasteiger charge is -2.37. The molecule has 0 radical (unpaired) electrons. The van der Waals surface area contributed by atoms with Crippen LogP contribution in [0.5, 0.6) is 0 Å². The molecule has 0 saturated heterocycles. The van der Waals surface area contributed by atoms with E-state index in [-0.39, 0.29) is 17.7 Å². The second kappa shape index (κ2) is 8.64. The summed E-state index contributed by atoms with van der Waals surface area (Å²) in [5.41, 5.74) is 3.22. The largest absolute Gasteiger partial charge is 0.384 e. The maximum atomic E-state index is 13.3. The zero-order valence-corrected chi connectivity index (χ0v) is 18.3. The second-order valence-electron chi connectivity index (χ2n) is 8.26. The molecule has 0 spiro atoms. The quantitative estimate of drug-likeness (QED) is 0.655. The number of nitrogens with one attached hydrogen (secondary N) is 1. The van der Waals surface area contributed by atoms with Crippen molar-refractivity contribution < 1.29 is 23.6 Å². The Morgan fingerprint density at radius 3 is 2.87 bits per heavy atom. The minimum Gasteiger partial charge on any atom is -0.384 e. The Balaban J connectivity index is 1.49. The fourth-order valence-corrected chi connectivity index (χ4v) is 6.16. The second-order valence-corrected chi connectivity index (χ2v) is 9.36. The lowest BCUT2D eigenvalue weighted by Crippen LogP contribution is -2.33. The molecule has 1 amide bonds. The standard InChI is InChI=1S/C22H25N3O5S/c1-28-8-7-17-23-21(30-25-17)19-14-6-9-29-11-16(14)31-22(19)24-20(27)18-13-4-2-12(3-5-13)15(18)10-26/h10,12-13H,2-9,11H2,1H3,(H,24,27). The Labute approximate surface area is 184 Å². The van der Waals surface area contributed by atoms with Crippen molar-refractivity contribution in [1.29, 1.82) is 0 Å². The van der Waals surface area contributed by atoms with Crippen molar-refractivity contribution in [3.63, 3.8) is 0 Å². The van der Waals surface area contributed by atoms with E-state index in [1.54, 1.807) is 7.11 Å². The Morgan fingerprint density at radius 1 is 1.29 bits per heavy atom. The number of methoxy groups -OCH3 is 1. The summed E-state index contributed by atoms with van der Waals surface area (Å²) in [6.45, 7) is 1.61. The zero-order valence-electron chi connectivity index (χ0n) is 17.4. The third-order valence-electron chi connectivity index (χ3n) is 6.52. The molecule has 8 nitrogen and oxygen atoms in total. The van der Waals surface area contributed by atoms with Gasteiger partial charge in [-0.15, -0.1) is 11.3 Å². The van der Waals surface area contributed by atoms with E-state index in [1.807, 2.05) is 0 Å². The van der Waals surface area contributed by atoms with E-state index in [0.717, 1.165) is 54.4 Å². The highest BCUT2D eigenvalue weighted by Gasteiger charge is 2.38. The molecule has 0 unspecified atom stereocenters. The van der Waals surface area contributed by atoms with E-state index in [0.29, 0.717) is 54.1 Å². The monoisotopic (exact) mass is 443 g/mol. The molecule has 3 aliphatic carbocycles. The summed E-state index contributed by atoms with van der Waals surface area (Å²) >= 11 is 1.48. The first kappa shape index (κ1) is 20.5. The van der Waals surface area contributed by atoms with Crippen LogP contribution in [-0.4, -0.2) is 42.7 Å². The summed E-state index contributed by atoms with van der Waals surface area (Å²) in [4.78, 5) is 30.7. The van der Waals surface area contributed by atoms with Crippen molar-refractivity contribution in [2.75, 3.05) is 25.6 Å². The van der Waals surface area contributed by atoms with Crippen LogP contribution in [-0.2, 0) is 38.5 Å². The van der Waals surface area contributed by atoms with Crippen molar-refractivity contribution in [1.82, 2.24) is 10.1 Å². The molecular formula is C22H25N3O5S. The maximum absolute atomic E-state index is 13.3. The molecule has 1 fully saturated rings. The predicted molar refractivity (Wildman–Crippen MR) is 114 cm³/mol. The highest BCUT2D eigenvalue weighted by atomic mass is 32.1. The van der Waals surface area contributed by atoms with E-state index < -0.39 is 0 Å². The van der Waals surface area contributed by atoms with Crippen molar-refractivity contribution in [2.45, 2.75) is 45.1 Å². The predicted octanol–water partition coefficient (Wildman–Crippen LogP) is 3.31. The van der Waals surface area contributed by atoms with Crippen molar-refractivity contribution in [3.8, 4) is 11.5 Å². The maximum Gasteiger partial charge on any atom is 0.261 e. The first-order valence-corrected chi connectivity index (χ1v) is 11.6. The Hall–Kier alpha value is -2.36. The molecule has 1 N–H and O–H groups in total. The highest BCUT2D eigenvalue weighted by Crippen LogP contribution is 2.46. The van der Waals surface area contributed by atoms with Crippen molar-refractivity contribution in [3.05, 3.63) is 27.4 Å². The fourth-order valence-electron chi connectivity index (χ4n) is 4.99. The van der Waals surface area contributed by atoms with Gasteiger partial charge >= 0.3 is 0 Å². The van der Waals surface area contributed by atoms with Gasteiger partial charge in [0.2, 0.25) is 0 Å². The van der Waals surface area contributed by atoms with Crippen LogP contribution in [0.2, 0.25) is 0 Å². The van der Waals surface area contributed by atoms with Crippen molar-refractivity contribution >= 4 is 28.5 Å². The number of carbonyl (C=O) groups excluding carboxylic acids is 2. The summed E-state index contributed by atoms with van der Waals surface area (Å²) in [6, 6.07) is 0. The molecule has 3 heterocycles. The molecule has 2 aromatic rings. The average Bonchev–Trinajstić information content (AvgIpc) is 3.41. The van der Waals surface area contributed by atoms with Crippen LogP contribution in [0.4, 0.5) is 5.00 Å². The molecular weight excluding hydrogens is 418 g/mol. The van der Waals surface area contributed by atoms with Gasteiger partial charge in [0.25, 0.3) is 11.8 Å². The van der Waals surface area contributed by atoms with Gasteiger partial charge in [0.15, 0.2) is 5.82 Å². The number of carbonyl (C=O) groups is 2. The van der Waals surface area contributed by atoms with Crippen LogP contribution >= 0.6 is 11.3 Å². The summed E-state index contributed by atoms with van der Waals surface area (Å²) in [5.74, 6) is 1.16. The van der Waals surface area contributed by atoms with E-state index in [2.05, 4.69) is 15.5 Å². The number of ether oxygens (including phenoxy) is 2. The van der Waals surface area contributed by atoms with Gasteiger partial charge in [0.05, 0.1) is 25.4 Å².